The second-order valence-corrected chi connectivity index (χ2v) is 5.08. The summed E-state index contributed by atoms with van der Waals surface area (Å²) < 4.78 is 0. The Morgan fingerprint density at radius 2 is 1.95 bits per heavy atom. The number of pyridine rings is 1. The van der Waals surface area contributed by atoms with Gasteiger partial charge in [0.2, 0.25) is 0 Å². The van der Waals surface area contributed by atoms with Crippen molar-refractivity contribution in [3.63, 3.8) is 0 Å². The Labute approximate surface area is 116 Å². The van der Waals surface area contributed by atoms with Gasteiger partial charge in [0, 0.05) is 16.3 Å². The number of anilines is 1. The van der Waals surface area contributed by atoms with Crippen LogP contribution in [0.1, 0.15) is 23.2 Å². The van der Waals surface area contributed by atoms with Crippen LogP contribution in [-0.2, 0) is 12.8 Å². The van der Waals surface area contributed by atoms with Gasteiger partial charge in [0.05, 0.1) is 0 Å². The lowest BCUT2D eigenvalue weighted by Gasteiger charge is -2.12. The van der Waals surface area contributed by atoms with Crippen LogP contribution < -0.4 is 5.73 Å². The van der Waals surface area contributed by atoms with Gasteiger partial charge in [-0.15, -0.1) is 0 Å². The summed E-state index contributed by atoms with van der Waals surface area (Å²) in [6.07, 6.45) is 2.96. The molecule has 1 aromatic heterocycles. The quantitative estimate of drug-likeness (QED) is 0.863. The number of nitriles is 1. The highest BCUT2D eigenvalue weighted by Crippen LogP contribution is 2.36. The maximum absolute atomic E-state index is 9.35. The van der Waals surface area contributed by atoms with E-state index in [0.717, 1.165) is 41.6 Å². The predicted octanol–water partition coefficient (Wildman–Crippen LogP) is 3.34. The first-order valence-electron chi connectivity index (χ1n) is 6.18. The van der Waals surface area contributed by atoms with E-state index in [1.165, 1.54) is 0 Å². The van der Waals surface area contributed by atoms with Gasteiger partial charge in [0.1, 0.15) is 17.5 Å². The van der Waals surface area contributed by atoms with Crippen molar-refractivity contribution in [1.82, 2.24) is 4.98 Å². The summed E-state index contributed by atoms with van der Waals surface area (Å²) in [6.45, 7) is 0. The Morgan fingerprint density at radius 1 is 1.21 bits per heavy atom. The highest BCUT2D eigenvalue weighted by atomic mass is 35.5. The minimum absolute atomic E-state index is 0.327. The lowest BCUT2D eigenvalue weighted by atomic mass is 9.95. The number of aromatic nitrogens is 1. The average molecular weight is 270 g/mol. The SMILES string of the molecule is N#Cc1c(N)nc2c(c1-c1ccc(Cl)cc1)CCC2. The van der Waals surface area contributed by atoms with Gasteiger partial charge in [0.25, 0.3) is 0 Å². The molecule has 0 aliphatic heterocycles. The fourth-order valence-electron chi connectivity index (χ4n) is 2.65. The number of fused-ring (bicyclic) bond motifs is 1. The topological polar surface area (TPSA) is 62.7 Å². The highest BCUT2D eigenvalue weighted by molar-refractivity contribution is 6.30. The third-order valence-electron chi connectivity index (χ3n) is 3.50. The minimum Gasteiger partial charge on any atom is -0.383 e. The molecule has 4 heteroatoms. The first-order valence-corrected chi connectivity index (χ1v) is 6.55. The van der Waals surface area contributed by atoms with Crippen molar-refractivity contribution in [3.8, 4) is 17.2 Å². The van der Waals surface area contributed by atoms with Crippen LogP contribution in [0.2, 0.25) is 5.02 Å². The second-order valence-electron chi connectivity index (χ2n) is 4.64. The Balaban J connectivity index is 2.30. The maximum atomic E-state index is 9.35. The zero-order chi connectivity index (χ0) is 13.4. The molecule has 1 aliphatic carbocycles. The molecule has 0 saturated heterocycles. The summed E-state index contributed by atoms with van der Waals surface area (Å²) in [5.74, 6) is 0.327. The Morgan fingerprint density at radius 3 is 2.63 bits per heavy atom. The van der Waals surface area contributed by atoms with Crippen LogP contribution in [0.3, 0.4) is 0 Å². The molecule has 0 radical (unpaired) electrons. The molecule has 1 heterocycles. The molecular weight excluding hydrogens is 258 g/mol. The highest BCUT2D eigenvalue weighted by Gasteiger charge is 2.22. The minimum atomic E-state index is 0.327. The van der Waals surface area contributed by atoms with E-state index in [-0.39, 0.29) is 0 Å². The van der Waals surface area contributed by atoms with Gasteiger partial charge < -0.3 is 5.73 Å². The number of nitrogens with zero attached hydrogens (tertiary/aromatic N) is 2. The Bertz CT molecular complexity index is 683. The molecule has 0 unspecified atom stereocenters. The molecule has 1 aliphatic rings. The van der Waals surface area contributed by atoms with Gasteiger partial charge in [-0.1, -0.05) is 23.7 Å². The van der Waals surface area contributed by atoms with E-state index in [0.29, 0.717) is 16.4 Å². The van der Waals surface area contributed by atoms with Crippen molar-refractivity contribution >= 4 is 17.4 Å². The van der Waals surface area contributed by atoms with Gasteiger partial charge >= 0.3 is 0 Å². The third-order valence-corrected chi connectivity index (χ3v) is 3.75. The largest absolute Gasteiger partial charge is 0.383 e. The number of rotatable bonds is 1. The Kier molecular flexibility index (Phi) is 2.88. The van der Waals surface area contributed by atoms with Gasteiger partial charge in [0.15, 0.2) is 0 Å². The number of hydrogen-bond donors (Lipinski definition) is 1. The third kappa shape index (κ3) is 1.94. The van der Waals surface area contributed by atoms with Crippen LogP contribution in [0.4, 0.5) is 5.82 Å². The van der Waals surface area contributed by atoms with Gasteiger partial charge in [-0.3, -0.25) is 0 Å². The smallest absolute Gasteiger partial charge is 0.142 e. The molecule has 0 atom stereocenters. The lowest BCUT2D eigenvalue weighted by Crippen LogP contribution is -2.03. The molecule has 0 fully saturated rings. The molecule has 2 aromatic rings. The second kappa shape index (κ2) is 4.56. The van der Waals surface area contributed by atoms with Crippen LogP contribution >= 0.6 is 11.6 Å². The normalized spacial score (nSPS) is 13.1. The number of hydrogen-bond acceptors (Lipinski definition) is 3. The van der Waals surface area contributed by atoms with Gasteiger partial charge in [-0.05, 0) is 42.5 Å². The average Bonchev–Trinajstić information content (AvgIpc) is 2.86. The van der Waals surface area contributed by atoms with E-state index in [9.17, 15) is 5.26 Å². The van der Waals surface area contributed by atoms with Crippen LogP contribution in [0, 0.1) is 11.3 Å². The number of aryl methyl sites for hydroxylation is 1. The molecule has 0 saturated carbocycles. The summed E-state index contributed by atoms with van der Waals surface area (Å²) in [6, 6.07) is 9.70. The molecular formula is C15H12ClN3. The summed E-state index contributed by atoms with van der Waals surface area (Å²) in [5.41, 5.74) is 10.5. The van der Waals surface area contributed by atoms with Crippen molar-refractivity contribution in [2.45, 2.75) is 19.3 Å². The molecule has 3 nitrogen and oxygen atoms in total. The number of benzene rings is 1. The van der Waals surface area contributed by atoms with E-state index in [1.807, 2.05) is 24.3 Å². The first kappa shape index (κ1) is 12.0. The first-order chi connectivity index (χ1) is 9.20. The summed E-state index contributed by atoms with van der Waals surface area (Å²) in [7, 11) is 0. The van der Waals surface area contributed by atoms with Crippen molar-refractivity contribution < 1.29 is 0 Å². The maximum Gasteiger partial charge on any atom is 0.142 e. The molecule has 0 spiro atoms. The van der Waals surface area contributed by atoms with Crippen LogP contribution in [0.15, 0.2) is 24.3 Å². The summed E-state index contributed by atoms with van der Waals surface area (Å²) >= 11 is 5.92. The van der Waals surface area contributed by atoms with E-state index < -0.39 is 0 Å². The van der Waals surface area contributed by atoms with Gasteiger partial charge in [-0.25, -0.2) is 4.98 Å². The van der Waals surface area contributed by atoms with Crippen LogP contribution in [0.25, 0.3) is 11.1 Å². The number of nitrogens with two attached hydrogens (primary N) is 1. The van der Waals surface area contributed by atoms with E-state index >= 15 is 0 Å². The molecule has 2 N–H and O–H groups in total. The zero-order valence-corrected chi connectivity index (χ0v) is 11.0. The van der Waals surface area contributed by atoms with Crippen LogP contribution in [0.5, 0.6) is 0 Å². The molecule has 0 bridgehead atoms. The van der Waals surface area contributed by atoms with E-state index in [2.05, 4.69) is 11.1 Å². The zero-order valence-electron chi connectivity index (χ0n) is 10.3. The summed E-state index contributed by atoms with van der Waals surface area (Å²) in [4.78, 5) is 4.36. The predicted molar refractivity (Wildman–Crippen MR) is 75.8 cm³/mol. The van der Waals surface area contributed by atoms with Crippen molar-refractivity contribution in [2.75, 3.05) is 5.73 Å². The number of halogens is 1. The van der Waals surface area contributed by atoms with E-state index in [1.54, 1.807) is 0 Å². The van der Waals surface area contributed by atoms with Crippen molar-refractivity contribution in [3.05, 3.63) is 46.1 Å². The fraction of sp³-hybridized carbons (Fsp3) is 0.200. The Hall–Kier alpha value is -2.05. The van der Waals surface area contributed by atoms with Gasteiger partial charge in [-0.2, -0.15) is 5.26 Å². The van der Waals surface area contributed by atoms with Crippen molar-refractivity contribution in [1.29, 1.82) is 5.26 Å². The number of nitrogen functional groups attached to an aromatic ring is 1. The van der Waals surface area contributed by atoms with Crippen molar-refractivity contribution in [2.24, 2.45) is 0 Å². The lowest BCUT2D eigenvalue weighted by molar-refractivity contribution is 0.900. The molecule has 1 aromatic carbocycles. The standard InChI is InChI=1S/C15H12ClN3/c16-10-6-4-9(5-7-10)14-11-2-1-3-13(11)19-15(18)12(14)8-17/h4-7H,1-3H2,(H2,18,19). The fourth-order valence-corrected chi connectivity index (χ4v) is 2.78. The molecule has 0 amide bonds. The monoisotopic (exact) mass is 269 g/mol. The van der Waals surface area contributed by atoms with E-state index in [4.69, 9.17) is 17.3 Å². The molecule has 94 valence electrons. The summed E-state index contributed by atoms with van der Waals surface area (Å²) in [5, 5.41) is 10.0. The molecule has 19 heavy (non-hydrogen) atoms. The van der Waals surface area contributed by atoms with Crippen LogP contribution in [-0.4, -0.2) is 4.98 Å². The molecule has 3 rings (SSSR count).